The van der Waals surface area contributed by atoms with Gasteiger partial charge in [0.1, 0.15) is 11.3 Å². The zero-order chi connectivity index (χ0) is 20.0. The number of aliphatic carboxylic acids is 1. The number of carbonyl (C=O) groups is 3. The second kappa shape index (κ2) is 9.08. The maximum atomic E-state index is 12.7. The quantitative estimate of drug-likeness (QED) is 0.747. The Morgan fingerprint density at radius 2 is 1.86 bits per heavy atom. The summed E-state index contributed by atoms with van der Waals surface area (Å²) in [6, 6.07) is 9.33. The fourth-order valence-corrected chi connectivity index (χ4v) is 4.06. The average Bonchev–Trinajstić information content (AvgIpc) is 3.19. The highest BCUT2D eigenvalue weighted by atomic mass is 16.5. The third-order valence-electron chi connectivity index (χ3n) is 5.70. The van der Waals surface area contributed by atoms with Crippen LogP contribution >= 0.6 is 0 Å². The van der Waals surface area contributed by atoms with Crippen LogP contribution in [0.15, 0.2) is 30.3 Å². The van der Waals surface area contributed by atoms with E-state index >= 15 is 0 Å². The summed E-state index contributed by atoms with van der Waals surface area (Å²) in [5.41, 5.74) is -1.13. The number of hydrogen-bond acceptors (Lipinski definition) is 4. The molecule has 2 fully saturated rings. The lowest BCUT2D eigenvalue weighted by Crippen LogP contribution is -2.56. The lowest BCUT2D eigenvalue weighted by molar-refractivity contribution is -0.149. The van der Waals surface area contributed by atoms with Crippen LogP contribution in [0.5, 0.6) is 5.75 Å². The second-order valence-corrected chi connectivity index (χ2v) is 7.67. The molecule has 1 aliphatic carbocycles. The summed E-state index contributed by atoms with van der Waals surface area (Å²) in [6.45, 7) is 1.25. The number of rotatable bonds is 7. The van der Waals surface area contributed by atoms with Crippen molar-refractivity contribution in [1.29, 1.82) is 0 Å². The van der Waals surface area contributed by atoms with Gasteiger partial charge in [-0.05, 0) is 37.8 Å². The first-order chi connectivity index (χ1) is 13.5. The number of hydrogen-bond donors (Lipinski definition) is 2. The number of nitrogens with one attached hydrogen (secondary N) is 1. The summed E-state index contributed by atoms with van der Waals surface area (Å²) in [6.07, 6.45) is 4.23. The number of carboxylic acid groups (broad SMARTS) is 1. The number of likely N-dealkylation sites (tertiary alicyclic amines) is 1. The van der Waals surface area contributed by atoms with Crippen molar-refractivity contribution in [2.45, 2.75) is 50.5 Å². The molecule has 1 saturated heterocycles. The Balaban J connectivity index is 1.49. The van der Waals surface area contributed by atoms with Crippen LogP contribution in [0, 0.1) is 5.92 Å². The first-order valence-corrected chi connectivity index (χ1v) is 10.0. The van der Waals surface area contributed by atoms with E-state index in [-0.39, 0.29) is 24.2 Å². The Morgan fingerprint density at radius 1 is 1.14 bits per heavy atom. The number of nitrogens with zero attached hydrogens (tertiary/aromatic N) is 1. The smallest absolute Gasteiger partial charge is 0.329 e. The highest BCUT2D eigenvalue weighted by Gasteiger charge is 2.44. The van der Waals surface area contributed by atoms with Crippen molar-refractivity contribution in [3.05, 3.63) is 30.3 Å². The Labute approximate surface area is 165 Å². The van der Waals surface area contributed by atoms with Crippen molar-refractivity contribution in [3.8, 4) is 5.75 Å². The van der Waals surface area contributed by atoms with E-state index in [9.17, 15) is 19.5 Å². The highest BCUT2D eigenvalue weighted by Crippen LogP contribution is 2.31. The normalized spacial score (nSPS) is 21.1. The molecule has 28 heavy (non-hydrogen) atoms. The van der Waals surface area contributed by atoms with Crippen molar-refractivity contribution in [3.63, 3.8) is 0 Å². The number of carboxylic acids is 1. The van der Waals surface area contributed by atoms with Gasteiger partial charge < -0.3 is 20.1 Å². The molecule has 1 aromatic carbocycles. The number of amides is 2. The minimum absolute atomic E-state index is 0.0396. The van der Waals surface area contributed by atoms with Crippen molar-refractivity contribution in [2.24, 2.45) is 5.92 Å². The Hall–Kier alpha value is -2.57. The van der Waals surface area contributed by atoms with E-state index in [4.69, 9.17) is 4.74 Å². The van der Waals surface area contributed by atoms with Gasteiger partial charge in [-0.2, -0.15) is 0 Å². The van der Waals surface area contributed by atoms with E-state index in [1.807, 2.05) is 30.3 Å². The minimum atomic E-state index is -1.13. The monoisotopic (exact) mass is 388 g/mol. The molecular weight excluding hydrogens is 360 g/mol. The van der Waals surface area contributed by atoms with Crippen LogP contribution in [0.2, 0.25) is 0 Å². The summed E-state index contributed by atoms with van der Waals surface area (Å²) >= 11 is 0. The van der Waals surface area contributed by atoms with Crippen LogP contribution in [0.25, 0.3) is 0 Å². The second-order valence-electron chi connectivity index (χ2n) is 7.67. The van der Waals surface area contributed by atoms with Crippen LogP contribution in [-0.2, 0) is 14.4 Å². The average molecular weight is 388 g/mol. The predicted molar refractivity (Wildman–Crippen MR) is 103 cm³/mol. The SMILES string of the molecule is O=C(NC1(C(=O)O)CCCC1)C1CCCN(C(=O)CCOc2ccccc2)C1. The molecule has 7 nitrogen and oxygen atoms in total. The fraction of sp³-hybridized carbons (Fsp3) is 0.571. The molecule has 1 atom stereocenters. The van der Waals surface area contributed by atoms with Gasteiger partial charge in [0.25, 0.3) is 0 Å². The third kappa shape index (κ3) is 4.82. The van der Waals surface area contributed by atoms with E-state index < -0.39 is 11.5 Å². The third-order valence-corrected chi connectivity index (χ3v) is 5.70. The molecule has 1 unspecified atom stereocenters. The van der Waals surface area contributed by atoms with Crippen molar-refractivity contribution in [2.75, 3.05) is 19.7 Å². The van der Waals surface area contributed by atoms with Crippen LogP contribution in [0.3, 0.4) is 0 Å². The fourth-order valence-electron chi connectivity index (χ4n) is 4.06. The molecule has 152 valence electrons. The largest absolute Gasteiger partial charge is 0.493 e. The van der Waals surface area contributed by atoms with Crippen LogP contribution < -0.4 is 10.1 Å². The number of carbonyl (C=O) groups excluding carboxylic acids is 2. The predicted octanol–water partition coefficient (Wildman–Crippen LogP) is 2.21. The molecule has 3 rings (SSSR count). The molecule has 0 bridgehead atoms. The van der Waals surface area contributed by atoms with Gasteiger partial charge in [0, 0.05) is 13.1 Å². The molecule has 0 radical (unpaired) electrons. The first kappa shape index (κ1) is 20.2. The van der Waals surface area contributed by atoms with Gasteiger partial charge in [-0.3, -0.25) is 9.59 Å². The van der Waals surface area contributed by atoms with E-state index in [2.05, 4.69) is 5.32 Å². The van der Waals surface area contributed by atoms with Crippen LogP contribution in [0.4, 0.5) is 0 Å². The van der Waals surface area contributed by atoms with Crippen molar-refractivity contribution >= 4 is 17.8 Å². The summed E-state index contributed by atoms with van der Waals surface area (Å²) < 4.78 is 5.58. The molecule has 1 aliphatic heterocycles. The maximum Gasteiger partial charge on any atom is 0.329 e. The number of piperidine rings is 1. The lowest BCUT2D eigenvalue weighted by atomic mass is 9.92. The van der Waals surface area contributed by atoms with Gasteiger partial charge in [-0.1, -0.05) is 31.0 Å². The van der Waals surface area contributed by atoms with Crippen molar-refractivity contribution < 1.29 is 24.2 Å². The van der Waals surface area contributed by atoms with E-state index in [1.165, 1.54) is 0 Å². The molecule has 2 amide bonds. The lowest BCUT2D eigenvalue weighted by Gasteiger charge is -2.34. The standard InChI is InChI=1S/C21H28N2O5/c24-18(10-14-28-17-8-2-1-3-9-17)23-13-6-7-16(15-23)19(25)22-21(20(26)27)11-4-5-12-21/h1-3,8-9,16H,4-7,10-15H2,(H,22,25)(H,26,27). The topological polar surface area (TPSA) is 95.9 Å². The molecule has 1 saturated carbocycles. The minimum Gasteiger partial charge on any atom is -0.493 e. The Bertz CT molecular complexity index is 700. The maximum absolute atomic E-state index is 12.7. The number of benzene rings is 1. The Kier molecular flexibility index (Phi) is 6.54. The van der Waals surface area contributed by atoms with Crippen LogP contribution in [0.1, 0.15) is 44.9 Å². The highest BCUT2D eigenvalue weighted by molar-refractivity contribution is 5.89. The Morgan fingerprint density at radius 3 is 2.54 bits per heavy atom. The first-order valence-electron chi connectivity index (χ1n) is 10.0. The summed E-state index contributed by atoms with van der Waals surface area (Å²) in [7, 11) is 0. The van der Waals surface area contributed by atoms with Gasteiger partial charge in [-0.25, -0.2) is 4.79 Å². The van der Waals surface area contributed by atoms with E-state index in [0.29, 0.717) is 39.0 Å². The molecule has 0 aromatic heterocycles. The zero-order valence-electron chi connectivity index (χ0n) is 16.1. The van der Waals surface area contributed by atoms with Crippen molar-refractivity contribution in [1.82, 2.24) is 10.2 Å². The van der Waals surface area contributed by atoms with E-state index in [1.54, 1.807) is 4.90 Å². The molecule has 1 aromatic rings. The zero-order valence-corrected chi connectivity index (χ0v) is 16.1. The molecule has 7 heteroatoms. The van der Waals surface area contributed by atoms with Crippen LogP contribution in [-0.4, -0.2) is 53.0 Å². The van der Waals surface area contributed by atoms with Gasteiger partial charge in [-0.15, -0.1) is 0 Å². The van der Waals surface area contributed by atoms with Gasteiger partial charge >= 0.3 is 5.97 Å². The molecule has 2 aliphatic rings. The summed E-state index contributed by atoms with van der Waals surface area (Å²) in [4.78, 5) is 38.5. The van der Waals surface area contributed by atoms with Gasteiger partial charge in [0.2, 0.25) is 11.8 Å². The van der Waals surface area contributed by atoms with Gasteiger partial charge in [0.05, 0.1) is 18.9 Å². The molecule has 0 spiro atoms. The molecule has 1 heterocycles. The van der Waals surface area contributed by atoms with Gasteiger partial charge in [0.15, 0.2) is 0 Å². The summed E-state index contributed by atoms with van der Waals surface area (Å²) in [5.74, 6) is -0.879. The molecule has 2 N–H and O–H groups in total. The number of ether oxygens (including phenoxy) is 1. The molecular formula is C21H28N2O5. The summed E-state index contributed by atoms with van der Waals surface area (Å²) in [5, 5.41) is 12.3. The van der Waals surface area contributed by atoms with E-state index in [0.717, 1.165) is 25.0 Å². The number of para-hydroxylation sites is 1.